The van der Waals surface area contributed by atoms with E-state index in [4.69, 9.17) is 0 Å². The molecule has 0 spiro atoms. The lowest BCUT2D eigenvalue weighted by Gasteiger charge is -1.98. The fourth-order valence-corrected chi connectivity index (χ4v) is 2.67. The number of rotatable bonds is 4. The summed E-state index contributed by atoms with van der Waals surface area (Å²) in [7, 11) is 0. The lowest BCUT2D eigenvalue weighted by atomic mass is 10.1. The Hall–Kier alpha value is -2.40. The summed E-state index contributed by atoms with van der Waals surface area (Å²) in [5.41, 5.74) is 3.08. The Balaban J connectivity index is 1.56. The number of fused-ring (bicyclic) bond motifs is 1. The molecule has 0 atom stereocenters. The highest BCUT2D eigenvalue weighted by Gasteiger charge is 2.03. The van der Waals surface area contributed by atoms with Crippen LogP contribution in [0.25, 0.3) is 11.0 Å². The molecule has 1 aromatic carbocycles. The molecule has 106 valence electrons. The minimum absolute atomic E-state index is 0.119. The molecule has 0 aliphatic rings. The van der Waals surface area contributed by atoms with E-state index in [0.29, 0.717) is 6.54 Å². The van der Waals surface area contributed by atoms with Crippen molar-refractivity contribution < 1.29 is 4.79 Å². The summed E-state index contributed by atoms with van der Waals surface area (Å²) >= 11 is 1.58. The largest absolute Gasteiger partial charge is 0.347 e. The van der Waals surface area contributed by atoms with Crippen LogP contribution in [-0.2, 0) is 11.3 Å². The van der Waals surface area contributed by atoms with Gasteiger partial charge in [0.25, 0.3) is 0 Å². The lowest BCUT2D eigenvalue weighted by molar-refractivity contribution is -0.116. The molecule has 4 nitrogen and oxygen atoms in total. The van der Waals surface area contributed by atoms with Crippen LogP contribution >= 0.6 is 11.3 Å². The second kappa shape index (κ2) is 5.93. The van der Waals surface area contributed by atoms with E-state index in [1.54, 1.807) is 23.5 Å². The van der Waals surface area contributed by atoms with E-state index in [0.717, 1.165) is 16.2 Å². The van der Waals surface area contributed by atoms with Gasteiger partial charge in [0.05, 0.1) is 12.2 Å². The highest BCUT2D eigenvalue weighted by molar-refractivity contribution is 7.15. The van der Waals surface area contributed by atoms with Crippen molar-refractivity contribution in [1.82, 2.24) is 14.7 Å². The SMILES string of the molecule is Cc1ccc(/C=C/C(=O)NCc2cn3ccsc3n2)cc1. The first-order chi connectivity index (χ1) is 10.2. The Morgan fingerprint density at radius 2 is 2.19 bits per heavy atom. The summed E-state index contributed by atoms with van der Waals surface area (Å²) in [5, 5.41) is 4.82. The van der Waals surface area contributed by atoms with Gasteiger partial charge in [-0.2, -0.15) is 0 Å². The predicted molar refractivity (Wildman–Crippen MR) is 85.1 cm³/mol. The van der Waals surface area contributed by atoms with Crippen LogP contribution < -0.4 is 5.32 Å². The van der Waals surface area contributed by atoms with Crippen LogP contribution in [0.2, 0.25) is 0 Å². The molecule has 3 rings (SSSR count). The molecule has 5 heteroatoms. The van der Waals surface area contributed by atoms with Crippen LogP contribution in [0.3, 0.4) is 0 Å². The van der Waals surface area contributed by atoms with Gasteiger partial charge in [-0.25, -0.2) is 4.98 Å². The Morgan fingerprint density at radius 3 is 2.95 bits per heavy atom. The van der Waals surface area contributed by atoms with Crippen LogP contribution in [0, 0.1) is 6.92 Å². The monoisotopic (exact) mass is 297 g/mol. The molecule has 0 saturated heterocycles. The first-order valence-corrected chi connectivity index (χ1v) is 7.52. The van der Waals surface area contributed by atoms with Crippen molar-refractivity contribution in [3.8, 4) is 0 Å². The molecule has 21 heavy (non-hydrogen) atoms. The first kappa shape index (κ1) is 13.6. The van der Waals surface area contributed by atoms with Crippen molar-refractivity contribution in [2.24, 2.45) is 0 Å². The van der Waals surface area contributed by atoms with Crippen molar-refractivity contribution in [3.05, 3.63) is 64.9 Å². The van der Waals surface area contributed by atoms with Crippen LogP contribution in [0.4, 0.5) is 0 Å². The van der Waals surface area contributed by atoms with E-state index < -0.39 is 0 Å². The van der Waals surface area contributed by atoms with E-state index in [1.165, 1.54) is 5.56 Å². The molecule has 1 amide bonds. The maximum atomic E-state index is 11.8. The number of aryl methyl sites for hydroxylation is 1. The summed E-state index contributed by atoms with van der Waals surface area (Å²) in [6.07, 6.45) is 7.23. The minimum Gasteiger partial charge on any atom is -0.347 e. The van der Waals surface area contributed by atoms with Crippen molar-refractivity contribution in [3.63, 3.8) is 0 Å². The predicted octanol–water partition coefficient (Wildman–Crippen LogP) is 3.03. The molecule has 0 aliphatic carbocycles. The topological polar surface area (TPSA) is 46.4 Å². The molecule has 0 saturated carbocycles. The molecule has 3 aromatic rings. The molecule has 2 heterocycles. The van der Waals surface area contributed by atoms with Gasteiger partial charge in [-0.1, -0.05) is 29.8 Å². The number of aromatic nitrogens is 2. The van der Waals surface area contributed by atoms with Crippen LogP contribution in [-0.4, -0.2) is 15.3 Å². The van der Waals surface area contributed by atoms with Gasteiger partial charge in [0, 0.05) is 23.8 Å². The number of carbonyl (C=O) groups is 1. The zero-order chi connectivity index (χ0) is 14.7. The first-order valence-electron chi connectivity index (χ1n) is 6.64. The van der Waals surface area contributed by atoms with E-state index in [1.807, 2.05) is 53.4 Å². The molecule has 0 radical (unpaired) electrons. The number of hydrogen-bond donors (Lipinski definition) is 1. The average molecular weight is 297 g/mol. The van der Waals surface area contributed by atoms with E-state index in [9.17, 15) is 4.79 Å². The van der Waals surface area contributed by atoms with E-state index >= 15 is 0 Å². The van der Waals surface area contributed by atoms with Gasteiger partial charge in [-0.3, -0.25) is 9.20 Å². The Morgan fingerprint density at radius 1 is 1.38 bits per heavy atom. The maximum absolute atomic E-state index is 11.8. The number of benzene rings is 1. The summed E-state index contributed by atoms with van der Waals surface area (Å²) in [4.78, 5) is 17.1. The lowest BCUT2D eigenvalue weighted by Crippen LogP contribution is -2.20. The second-order valence-electron chi connectivity index (χ2n) is 4.79. The molecule has 1 N–H and O–H groups in total. The highest BCUT2D eigenvalue weighted by atomic mass is 32.1. The summed E-state index contributed by atoms with van der Waals surface area (Å²) < 4.78 is 1.95. The summed E-state index contributed by atoms with van der Waals surface area (Å²) in [6.45, 7) is 2.47. The average Bonchev–Trinajstić information content (AvgIpc) is 3.05. The van der Waals surface area contributed by atoms with Gasteiger partial charge in [0.15, 0.2) is 4.96 Å². The molecule has 0 fully saturated rings. The van der Waals surface area contributed by atoms with Gasteiger partial charge < -0.3 is 5.32 Å². The molecular formula is C16H15N3OS. The van der Waals surface area contributed by atoms with Gasteiger partial charge >= 0.3 is 0 Å². The van der Waals surface area contributed by atoms with Crippen LogP contribution in [0.5, 0.6) is 0 Å². The van der Waals surface area contributed by atoms with Crippen molar-refractivity contribution in [2.75, 3.05) is 0 Å². The maximum Gasteiger partial charge on any atom is 0.244 e. The fraction of sp³-hybridized carbons (Fsp3) is 0.125. The Bertz CT molecular complexity index is 755. The van der Waals surface area contributed by atoms with E-state index in [2.05, 4.69) is 10.3 Å². The van der Waals surface area contributed by atoms with E-state index in [-0.39, 0.29) is 5.91 Å². The van der Waals surface area contributed by atoms with Gasteiger partial charge in [-0.05, 0) is 18.6 Å². The van der Waals surface area contributed by atoms with Crippen molar-refractivity contribution in [2.45, 2.75) is 13.5 Å². The molecule has 2 aromatic heterocycles. The quantitative estimate of drug-likeness (QED) is 0.752. The molecule has 0 bridgehead atoms. The second-order valence-corrected chi connectivity index (χ2v) is 5.66. The molecular weight excluding hydrogens is 282 g/mol. The third-order valence-corrected chi connectivity index (χ3v) is 3.86. The Labute approximate surface area is 126 Å². The number of imidazole rings is 1. The minimum atomic E-state index is -0.119. The highest BCUT2D eigenvalue weighted by Crippen LogP contribution is 2.11. The van der Waals surface area contributed by atoms with Crippen LogP contribution in [0.1, 0.15) is 16.8 Å². The number of thiazole rings is 1. The van der Waals surface area contributed by atoms with Crippen LogP contribution in [0.15, 0.2) is 48.1 Å². The molecule has 0 aliphatic heterocycles. The number of carbonyl (C=O) groups excluding carboxylic acids is 1. The zero-order valence-corrected chi connectivity index (χ0v) is 12.4. The number of nitrogens with zero attached hydrogens (tertiary/aromatic N) is 2. The fourth-order valence-electron chi connectivity index (χ4n) is 1.95. The number of amides is 1. The number of hydrogen-bond acceptors (Lipinski definition) is 3. The van der Waals surface area contributed by atoms with Crippen molar-refractivity contribution >= 4 is 28.3 Å². The standard InChI is InChI=1S/C16H15N3OS/c1-12-2-4-13(5-3-12)6-7-15(20)17-10-14-11-19-8-9-21-16(19)18-14/h2-9,11H,10H2,1H3,(H,17,20)/b7-6+. The van der Waals surface area contributed by atoms with Gasteiger partial charge in [0.1, 0.15) is 0 Å². The Kier molecular flexibility index (Phi) is 3.83. The van der Waals surface area contributed by atoms with Gasteiger partial charge in [0.2, 0.25) is 5.91 Å². The summed E-state index contributed by atoms with van der Waals surface area (Å²) in [6, 6.07) is 8.02. The number of nitrogens with one attached hydrogen (secondary N) is 1. The summed E-state index contributed by atoms with van der Waals surface area (Å²) in [5.74, 6) is -0.119. The molecule has 0 unspecified atom stereocenters. The normalized spacial score (nSPS) is 11.3. The zero-order valence-electron chi connectivity index (χ0n) is 11.6. The third-order valence-electron chi connectivity index (χ3n) is 3.09. The smallest absolute Gasteiger partial charge is 0.244 e. The van der Waals surface area contributed by atoms with Crippen molar-refractivity contribution in [1.29, 1.82) is 0 Å². The third kappa shape index (κ3) is 3.38. The van der Waals surface area contributed by atoms with Gasteiger partial charge in [-0.15, -0.1) is 11.3 Å².